The van der Waals surface area contributed by atoms with Crippen LogP contribution in [0.4, 0.5) is 10.5 Å². The Morgan fingerprint density at radius 2 is 1.56 bits per heavy atom. The molecule has 0 heterocycles. The topological polar surface area (TPSA) is 103 Å². The number of amides is 2. The first-order valence-corrected chi connectivity index (χ1v) is 10.2. The van der Waals surface area contributed by atoms with Gasteiger partial charge in [0.1, 0.15) is 5.75 Å². The average Bonchev–Trinajstić information content (AvgIpc) is 2.77. The van der Waals surface area contributed by atoms with Gasteiger partial charge in [0.25, 0.3) is 0 Å². The molecule has 0 radical (unpaired) electrons. The molecule has 0 saturated carbocycles. The second-order valence-electron chi connectivity index (χ2n) is 8.10. The molecule has 8 heteroatoms. The van der Waals surface area contributed by atoms with Crippen molar-refractivity contribution in [3.63, 3.8) is 0 Å². The van der Waals surface area contributed by atoms with E-state index in [1.807, 2.05) is 24.3 Å². The quantitative estimate of drug-likeness (QED) is 0.470. The lowest BCUT2D eigenvalue weighted by molar-refractivity contribution is 0.0587. The molecular weight excluding hydrogens is 412 g/mol. The molecule has 2 amide bonds. The maximum absolute atomic E-state index is 12.3. The molecule has 2 rings (SSSR count). The Morgan fingerprint density at radius 3 is 2.16 bits per heavy atom. The van der Waals surface area contributed by atoms with Crippen molar-refractivity contribution in [2.45, 2.75) is 32.6 Å². The van der Waals surface area contributed by atoms with Gasteiger partial charge < -0.3 is 24.8 Å². The molecule has 0 bridgehead atoms. The number of methoxy groups -OCH3 is 2. The first kappa shape index (κ1) is 24.7. The lowest BCUT2D eigenvalue weighted by Gasteiger charge is -2.19. The SMILES string of the molecule is COC(=O)c1ccc(C(=O)OC)c(NC(=O)NCCCOc2ccc(C(C)(C)C)cc2)c1. The fraction of sp³-hybridized carbons (Fsp3) is 0.375. The number of anilines is 1. The summed E-state index contributed by atoms with van der Waals surface area (Å²) in [5, 5.41) is 5.27. The van der Waals surface area contributed by atoms with E-state index < -0.39 is 18.0 Å². The van der Waals surface area contributed by atoms with E-state index in [1.165, 1.54) is 38.0 Å². The third-order valence-electron chi connectivity index (χ3n) is 4.69. The monoisotopic (exact) mass is 442 g/mol. The average molecular weight is 443 g/mol. The molecule has 0 aromatic heterocycles. The number of urea groups is 1. The van der Waals surface area contributed by atoms with Gasteiger partial charge in [-0.3, -0.25) is 0 Å². The van der Waals surface area contributed by atoms with Crippen molar-refractivity contribution in [1.29, 1.82) is 0 Å². The molecule has 0 aliphatic heterocycles. The van der Waals surface area contributed by atoms with Gasteiger partial charge in [0, 0.05) is 6.54 Å². The Labute approximate surface area is 188 Å². The molecule has 0 saturated heterocycles. The van der Waals surface area contributed by atoms with Gasteiger partial charge in [0.05, 0.1) is 37.6 Å². The van der Waals surface area contributed by atoms with E-state index in [0.717, 1.165) is 5.75 Å². The highest BCUT2D eigenvalue weighted by atomic mass is 16.5. The Hall–Kier alpha value is -3.55. The molecule has 0 aliphatic rings. The zero-order chi connectivity index (χ0) is 23.7. The predicted molar refractivity (Wildman–Crippen MR) is 121 cm³/mol. The van der Waals surface area contributed by atoms with Crippen LogP contribution >= 0.6 is 0 Å². The summed E-state index contributed by atoms with van der Waals surface area (Å²) < 4.78 is 15.1. The van der Waals surface area contributed by atoms with Crippen molar-refractivity contribution in [3.8, 4) is 5.75 Å². The summed E-state index contributed by atoms with van der Waals surface area (Å²) in [4.78, 5) is 36.0. The van der Waals surface area contributed by atoms with E-state index in [9.17, 15) is 14.4 Å². The Balaban J connectivity index is 1.86. The molecular formula is C24H30N2O6. The highest BCUT2D eigenvalue weighted by Crippen LogP contribution is 2.24. The highest BCUT2D eigenvalue weighted by Gasteiger charge is 2.17. The van der Waals surface area contributed by atoms with Gasteiger partial charge in [-0.15, -0.1) is 0 Å². The van der Waals surface area contributed by atoms with Gasteiger partial charge in [-0.2, -0.15) is 0 Å². The molecule has 2 aromatic carbocycles. The van der Waals surface area contributed by atoms with Crippen LogP contribution in [0.25, 0.3) is 0 Å². The molecule has 172 valence electrons. The van der Waals surface area contributed by atoms with Crippen LogP contribution < -0.4 is 15.4 Å². The third kappa shape index (κ3) is 7.01. The summed E-state index contributed by atoms with van der Waals surface area (Å²) in [6.45, 7) is 7.24. The van der Waals surface area contributed by atoms with E-state index in [1.54, 1.807) is 0 Å². The van der Waals surface area contributed by atoms with E-state index >= 15 is 0 Å². The first-order chi connectivity index (χ1) is 15.2. The number of carbonyl (C=O) groups excluding carboxylic acids is 3. The number of benzene rings is 2. The summed E-state index contributed by atoms with van der Waals surface area (Å²) in [5.41, 5.74) is 1.77. The number of carbonyl (C=O) groups is 3. The van der Waals surface area contributed by atoms with Crippen LogP contribution in [0.2, 0.25) is 0 Å². The Morgan fingerprint density at radius 1 is 0.906 bits per heavy atom. The van der Waals surface area contributed by atoms with Crippen LogP contribution in [0.3, 0.4) is 0 Å². The van der Waals surface area contributed by atoms with Gasteiger partial charge in [0.15, 0.2) is 0 Å². The van der Waals surface area contributed by atoms with E-state index in [4.69, 9.17) is 9.47 Å². The number of ether oxygens (including phenoxy) is 3. The second kappa shape index (κ2) is 11.2. The third-order valence-corrected chi connectivity index (χ3v) is 4.69. The van der Waals surface area contributed by atoms with Crippen LogP contribution in [0.15, 0.2) is 42.5 Å². The molecule has 0 fully saturated rings. The standard InChI is InChI=1S/C24H30N2O6/c1-24(2,3)17-8-10-18(11-9-17)32-14-6-13-25-23(29)26-20-15-16(21(27)30-4)7-12-19(20)22(28)31-5/h7-12,15H,6,13-14H2,1-5H3,(H2,25,26,29). The van der Waals surface area contributed by atoms with Crippen LogP contribution in [0, 0.1) is 0 Å². The minimum atomic E-state index is -0.636. The smallest absolute Gasteiger partial charge is 0.339 e. The van der Waals surface area contributed by atoms with E-state index in [-0.39, 0.29) is 22.2 Å². The summed E-state index contributed by atoms with van der Waals surface area (Å²) in [7, 11) is 2.48. The van der Waals surface area contributed by atoms with Gasteiger partial charge in [-0.05, 0) is 47.7 Å². The Kier molecular flexibility index (Phi) is 8.63. The zero-order valence-electron chi connectivity index (χ0n) is 19.1. The predicted octanol–water partition coefficient (Wildman–Crippen LogP) is 4.15. The summed E-state index contributed by atoms with van der Waals surface area (Å²) in [5.74, 6) is -0.454. The molecule has 0 unspecified atom stereocenters. The van der Waals surface area contributed by atoms with Crippen molar-refractivity contribution in [2.75, 3.05) is 32.7 Å². The van der Waals surface area contributed by atoms with E-state index in [0.29, 0.717) is 19.6 Å². The van der Waals surface area contributed by atoms with Gasteiger partial charge in [-0.25, -0.2) is 14.4 Å². The number of rotatable bonds is 8. The lowest BCUT2D eigenvalue weighted by atomic mass is 9.87. The second-order valence-corrected chi connectivity index (χ2v) is 8.10. The number of esters is 2. The zero-order valence-corrected chi connectivity index (χ0v) is 19.1. The van der Waals surface area contributed by atoms with Crippen LogP contribution in [0.5, 0.6) is 5.75 Å². The van der Waals surface area contributed by atoms with Gasteiger partial charge in [0.2, 0.25) is 0 Å². The minimum absolute atomic E-state index is 0.0832. The van der Waals surface area contributed by atoms with E-state index in [2.05, 4.69) is 36.1 Å². The van der Waals surface area contributed by atoms with Crippen LogP contribution in [-0.2, 0) is 14.9 Å². The van der Waals surface area contributed by atoms with Crippen molar-refractivity contribution in [1.82, 2.24) is 5.32 Å². The molecule has 2 N–H and O–H groups in total. The molecule has 2 aromatic rings. The van der Waals surface area contributed by atoms with Crippen molar-refractivity contribution < 1.29 is 28.6 Å². The van der Waals surface area contributed by atoms with Gasteiger partial charge in [-0.1, -0.05) is 32.9 Å². The fourth-order valence-electron chi connectivity index (χ4n) is 2.86. The molecule has 32 heavy (non-hydrogen) atoms. The Bertz CT molecular complexity index is 948. The van der Waals surface area contributed by atoms with Crippen LogP contribution in [0.1, 0.15) is 53.5 Å². The van der Waals surface area contributed by atoms with Crippen molar-refractivity contribution in [3.05, 3.63) is 59.2 Å². The highest BCUT2D eigenvalue weighted by molar-refractivity contribution is 6.03. The summed E-state index contributed by atoms with van der Waals surface area (Å²) in [6, 6.07) is 11.6. The number of nitrogens with one attached hydrogen (secondary N) is 2. The van der Waals surface area contributed by atoms with Crippen molar-refractivity contribution in [2.24, 2.45) is 0 Å². The molecule has 8 nitrogen and oxygen atoms in total. The molecule has 0 spiro atoms. The first-order valence-electron chi connectivity index (χ1n) is 10.2. The molecule has 0 aliphatic carbocycles. The normalized spacial score (nSPS) is 10.8. The number of hydrogen-bond donors (Lipinski definition) is 2. The lowest BCUT2D eigenvalue weighted by Crippen LogP contribution is -2.31. The summed E-state index contributed by atoms with van der Waals surface area (Å²) in [6.07, 6.45) is 0.584. The van der Waals surface area contributed by atoms with Gasteiger partial charge >= 0.3 is 18.0 Å². The van der Waals surface area contributed by atoms with Crippen LogP contribution in [-0.4, -0.2) is 45.3 Å². The largest absolute Gasteiger partial charge is 0.494 e. The molecule has 0 atom stereocenters. The maximum atomic E-state index is 12.3. The minimum Gasteiger partial charge on any atom is -0.494 e. The number of hydrogen-bond acceptors (Lipinski definition) is 6. The van der Waals surface area contributed by atoms with Crippen molar-refractivity contribution >= 4 is 23.7 Å². The fourth-order valence-corrected chi connectivity index (χ4v) is 2.86. The maximum Gasteiger partial charge on any atom is 0.339 e. The summed E-state index contributed by atoms with van der Waals surface area (Å²) >= 11 is 0.